The van der Waals surface area contributed by atoms with Crippen molar-refractivity contribution in [1.82, 2.24) is 5.32 Å². The fourth-order valence-electron chi connectivity index (χ4n) is 2.05. The van der Waals surface area contributed by atoms with Crippen molar-refractivity contribution < 1.29 is 0 Å². The zero-order valence-electron chi connectivity index (χ0n) is 8.19. The Balaban J connectivity index is 0.000001000. The summed E-state index contributed by atoms with van der Waals surface area (Å²) in [6.07, 6.45) is 0. The first-order valence-corrected chi connectivity index (χ1v) is 4.09. The van der Waals surface area contributed by atoms with Gasteiger partial charge < -0.3 is 5.32 Å². The molecule has 1 saturated carbocycles. The molecule has 1 aliphatic rings. The highest BCUT2D eigenvalue weighted by molar-refractivity contribution is 5.85. The highest BCUT2D eigenvalue weighted by Crippen LogP contribution is 2.67. The van der Waals surface area contributed by atoms with Crippen LogP contribution < -0.4 is 5.32 Å². The van der Waals surface area contributed by atoms with Gasteiger partial charge in [-0.1, -0.05) is 27.7 Å². The second-order valence-electron chi connectivity index (χ2n) is 4.55. The van der Waals surface area contributed by atoms with Crippen LogP contribution in [0, 0.1) is 16.7 Å². The summed E-state index contributed by atoms with van der Waals surface area (Å²) >= 11 is 0. The first kappa shape index (κ1) is 11.2. The molecule has 0 aliphatic heterocycles. The number of nitrogens with one attached hydrogen (secondary N) is 1. The van der Waals surface area contributed by atoms with Crippen LogP contribution in [-0.4, -0.2) is 13.6 Å². The monoisotopic (exact) mass is 177 g/mol. The van der Waals surface area contributed by atoms with Crippen molar-refractivity contribution in [1.29, 1.82) is 0 Å². The molecule has 1 nitrogen and oxygen atoms in total. The Labute approximate surface area is 76.4 Å². The summed E-state index contributed by atoms with van der Waals surface area (Å²) in [4.78, 5) is 0. The van der Waals surface area contributed by atoms with E-state index in [2.05, 4.69) is 33.0 Å². The van der Waals surface area contributed by atoms with Gasteiger partial charge >= 0.3 is 0 Å². The van der Waals surface area contributed by atoms with E-state index >= 15 is 0 Å². The van der Waals surface area contributed by atoms with Crippen LogP contribution in [0.4, 0.5) is 0 Å². The van der Waals surface area contributed by atoms with Gasteiger partial charge in [0.2, 0.25) is 0 Å². The molecule has 2 heteroatoms. The van der Waals surface area contributed by atoms with E-state index in [0.29, 0.717) is 10.8 Å². The van der Waals surface area contributed by atoms with Crippen LogP contribution in [0.3, 0.4) is 0 Å². The van der Waals surface area contributed by atoms with Crippen molar-refractivity contribution in [3.05, 3.63) is 0 Å². The molecule has 0 heterocycles. The first-order valence-electron chi connectivity index (χ1n) is 4.09. The van der Waals surface area contributed by atoms with E-state index in [1.807, 2.05) is 7.05 Å². The Morgan fingerprint density at radius 1 is 1.09 bits per heavy atom. The molecule has 0 aromatic carbocycles. The van der Waals surface area contributed by atoms with Gasteiger partial charge in [-0.2, -0.15) is 0 Å². The standard InChI is InChI=1S/C9H19N.ClH/c1-8(2)7(6-10-5)9(8,3)4;/h7,10H,6H2,1-5H3;1H. The van der Waals surface area contributed by atoms with E-state index in [9.17, 15) is 0 Å². The van der Waals surface area contributed by atoms with Gasteiger partial charge in [-0.15, -0.1) is 12.4 Å². The molecule has 0 amide bonds. The Hall–Kier alpha value is 0.250. The molecule has 0 spiro atoms. The predicted molar refractivity (Wildman–Crippen MR) is 52.2 cm³/mol. The molecule has 1 aliphatic carbocycles. The van der Waals surface area contributed by atoms with Crippen LogP contribution in [0.5, 0.6) is 0 Å². The van der Waals surface area contributed by atoms with Crippen LogP contribution in [0.2, 0.25) is 0 Å². The molecule has 0 bridgehead atoms. The van der Waals surface area contributed by atoms with Gasteiger partial charge in [-0.05, 0) is 30.3 Å². The van der Waals surface area contributed by atoms with Crippen LogP contribution in [0.15, 0.2) is 0 Å². The van der Waals surface area contributed by atoms with Gasteiger partial charge in [0.05, 0.1) is 0 Å². The Kier molecular flexibility index (Phi) is 3.01. The number of hydrogen-bond donors (Lipinski definition) is 1. The van der Waals surface area contributed by atoms with Crippen LogP contribution in [0.1, 0.15) is 27.7 Å². The maximum Gasteiger partial charge on any atom is -0.00129 e. The van der Waals surface area contributed by atoms with Crippen molar-refractivity contribution in [2.45, 2.75) is 27.7 Å². The molecule has 1 rings (SSSR count). The quantitative estimate of drug-likeness (QED) is 0.683. The summed E-state index contributed by atoms with van der Waals surface area (Å²) in [6, 6.07) is 0. The third kappa shape index (κ3) is 1.41. The molecular formula is C9H20ClN. The summed E-state index contributed by atoms with van der Waals surface area (Å²) in [6.45, 7) is 10.6. The Morgan fingerprint density at radius 3 is 1.55 bits per heavy atom. The molecule has 11 heavy (non-hydrogen) atoms. The summed E-state index contributed by atoms with van der Waals surface area (Å²) in [5.41, 5.74) is 1.10. The summed E-state index contributed by atoms with van der Waals surface area (Å²) in [7, 11) is 2.03. The first-order chi connectivity index (χ1) is 4.44. The van der Waals surface area contributed by atoms with Crippen LogP contribution in [-0.2, 0) is 0 Å². The maximum atomic E-state index is 3.24. The Bertz CT molecular complexity index is 126. The highest BCUT2D eigenvalue weighted by Gasteiger charge is 2.63. The molecule has 68 valence electrons. The lowest BCUT2D eigenvalue weighted by molar-refractivity contribution is 0.457. The highest BCUT2D eigenvalue weighted by atomic mass is 35.5. The van der Waals surface area contributed by atoms with Gasteiger partial charge in [0.25, 0.3) is 0 Å². The lowest BCUT2D eigenvalue weighted by atomic mass is 10.0. The SMILES string of the molecule is CNCC1C(C)(C)C1(C)C.Cl. The molecule has 0 atom stereocenters. The van der Waals surface area contributed by atoms with Gasteiger partial charge in [0.15, 0.2) is 0 Å². The largest absolute Gasteiger partial charge is 0.319 e. The molecule has 1 N–H and O–H groups in total. The van der Waals surface area contributed by atoms with E-state index in [4.69, 9.17) is 0 Å². The summed E-state index contributed by atoms with van der Waals surface area (Å²) < 4.78 is 0. The Morgan fingerprint density at radius 2 is 1.45 bits per heavy atom. The number of rotatable bonds is 2. The number of hydrogen-bond acceptors (Lipinski definition) is 1. The zero-order chi connectivity index (χ0) is 7.99. The van der Waals surface area contributed by atoms with Crippen molar-refractivity contribution >= 4 is 12.4 Å². The van der Waals surface area contributed by atoms with Gasteiger partial charge in [0.1, 0.15) is 0 Å². The third-order valence-corrected chi connectivity index (χ3v) is 3.73. The minimum atomic E-state index is 0. The molecule has 0 unspecified atom stereocenters. The van der Waals surface area contributed by atoms with E-state index in [-0.39, 0.29) is 12.4 Å². The van der Waals surface area contributed by atoms with Gasteiger partial charge in [-0.25, -0.2) is 0 Å². The van der Waals surface area contributed by atoms with Gasteiger partial charge in [0, 0.05) is 0 Å². The smallest absolute Gasteiger partial charge is 0.00129 e. The topological polar surface area (TPSA) is 12.0 Å². The van der Waals surface area contributed by atoms with Crippen molar-refractivity contribution in [2.24, 2.45) is 16.7 Å². The van der Waals surface area contributed by atoms with Crippen LogP contribution in [0.25, 0.3) is 0 Å². The second-order valence-corrected chi connectivity index (χ2v) is 4.55. The fourth-order valence-corrected chi connectivity index (χ4v) is 2.05. The molecule has 0 aromatic heterocycles. The summed E-state index contributed by atoms with van der Waals surface area (Å²) in [5.74, 6) is 0.866. The van der Waals surface area contributed by atoms with E-state index < -0.39 is 0 Å². The van der Waals surface area contributed by atoms with Crippen molar-refractivity contribution in [2.75, 3.05) is 13.6 Å². The maximum absolute atomic E-state index is 3.24. The van der Waals surface area contributed by atoms with Crippen LogP contribution >= 0.6 is 12.4 Å². The third-order valence-electron chi connectivity index (χ3n) is 3.73. The van der Waals surface area contributed by atoms with Crippen molar-refractivity contribution in [3.63, 3.8) is 0 Å². The van der Waals surface area contributed by atoms with E-state index in [1.165, 1.54) is 6.54 Å². The molecule has 0 radical (unpaired) electrons. The minimum absolute atomic E-state index is 0. The molecular weight excluding hydrogens is 158 g/mol. The average Bonchev–Trinajstić information content (AvgIpc) is 2.13. The van der Waals surface area contributed by atoms with E-state index in [1.54, 1.807) is 0 Å². The zero-order valence-corrected chi connectivity index (χ0v) is 9.01. The van der Waals surface area contributed by atoms with Gasteiger partial charge in [-0.3, -0.25) is 0 Å². The summed E-state index contributed by atoms with van der Waals surface area (Å²) in [5, 5.41) is 3.24. The molecule has 0 saturated heterocycles. The fraction of sp³-hybridized carbons (Fsp3) is 1.00. The molecule has 1 fully saturated rings. The number of halogens is 1. The lowest BCUT2D eigenvalue weighted by Gasteiger charge is -2.04. The minimum Gasteiger partial charge on any atom is -0.319 e. The van der Waals surface area contributed by atoms with Crippen molar-refractivity contribution in [3.8, 4) is 0 Å². The van der Waals surface area contributed by atoms with E-state index in [0.717, 1.165) is 5.92 Å². The predicted octanol–water partition coefficient (Wildman–Crippen LogP) is 2.31. The second kappa shape index (κ2) is 2.95. The molecule has 0 aromatic rings. The lowest BCUT2D eigenvalue weighted by Crippen LogP contribution is -2.13. The average molecular weight is 178 g/mol. The normalized spacial score (nSPS) is 25.9.